The van der Waals surface area contributed by atoms with Crippen molar-refractivity contribution in [1.29, 1.82) is 0 Å². The van der Waals surface area contributed by atoms with E-state index >= 15 is 0 Å². The summed E-state index contributed by atoms with van der Waals surface area (Å²) >= 11 is 0. The molecular formula is C12H20N2O4S. The van der Waals surface area contributed by atoms with Crippen molar-refractivity contribution < 1.29 is 17.9 Å². The predicted molar refractivity (Wildman–Crippen MR) is 73.0 cm³/mol. The average Bonchev–Trinajstić information content (AvgIpc) is 2.37. The Morgan fingerprint density at radius 1 is 1.26 bits per heavy atom. The first-order chi connectivity index (χ1) is 8.90. The van der Waals surface area contributed by atoms with Crippen LogP contribution in [0.25, 0.3) is 0 Å². The second-order valence-corrected chi connectivity index (χ2v) is 5.95. The summed E-state index contributed by atoms with van der Waals surface area (Å²) < 4.78 is 36.7. The van der Waals surface area contributed by atoms with Gasteiger partial charge in [-0.05, 0) is 25.5 Å². The van der Waals surface area contributed by atoms with Gasteiger partial charge < -0.3 is 15.2 Å². The minimum atomic E-state index is -3.55. The van der Waals surface area contributed by atoms with Crippen LogP contribution in [0.4, 0.5) is 0 Å². The van der Waals surface area contributed by atoms with Gasteiger partial charge in [0, 0.05) is 18.7 Å². The van der Waals surface area contributed by atoms with E-state index in [4.69, 9.17) is 15.2 Å². The second kappa shape index (κ2) is 6.74. The van der Waals surface area contributed by atoms with Crippen molar-refractivity contribution in [2.45, 2.75) is 24.3 Å². The standard InChI is InChI=1S/C12H20N2O4S/c1-9(13)6-7-14-19(15,16)10-4-5-11(17-2)12(8-10)18-3/h4-5,8-9,14H,6-7,13H2,1-3H3. The van der Waals surface area contributed by atoms with E-state index in [2.05, 4.69) is 4.72 Å². The van der Waals surface area contributed by atoms with E-state index in [0.29, 0.717) is 24.5 Å². The van der Waals surface area contributed by atoms with Gasteiger partial charge in [0.2, 0.25) is 10.0 Å². The van der Waals surface area contributed by atoms with Crippen LogP contribution in [0.2, 0.25) is 0 Å². The minimum absolute atomic E-state index is 0.0481. The van der Waals surface area contributed by atoms with Gasteiger partial charge in [0.25, 0.3) is 0 Å². The number of ether oxygens (including phenoxy) is 2. The number of hydrogen-bond acceptors (Lipinski definition) is 5. The zero-order valence-corrected chi connectivity index (χ0v) is 12.2. The van der Waals surface area contributed by atoms with Crippen molar-refractivity contribution in [3.05, 3.63) is 18.2 Å². The molecule has 19 heavy (non-hydrogen) atoms. The fraction of sp³-hybridized carbons (Fsp3) is 0.500. The summed E-state index contributed by atoms with van der Waals surface area (Å²) in [4.78, 5) is 0.134. The van der Waals surface area contributed by atoms with E-state index in [1.165, 1.54) is 26.4 Å². The summed E-state index contributed by atoms with van der Waals surface area (Å²) in [6, 6.07) is 4.40. The van der Waals surface area contributed by atoms with Crippen LogP contribution in [0.1, 0.15) is 13.3 Å². The van der Waals surface area contributed by atoms with Crippen LogP contribution < -0.4 is 19.9 Å². The molecule has 0 aromatic heterocycles. The van der Waals surface area contributed by atoms with Gasteiger partial charge in [-0.2, -0.15) is 0 Å². The van der Waals surface area contributed by atoms with Crippen molar-refractivity contribution in [2.24, 2.45) is 5.73 Å². The number of nitrogens with two attached hydrogens (primary N) is 1. The van der Waals surface area contributed by atoms with Crippen molar-refractivity contribution >= 4 is 10.0 Å². The number of methoxy groups -OCH3 is 2. The van der Waals surface area contributed by atoms with Crippen LogP contribution in [0.3, 0.4) is 0 Å². The maximum absolute atomic E-state index is 12.0. The molecule has 1 atom stereocenters. The second-order valence-electron chi connectivity index (χ2n) is 4.18. The summed E-state index contributed by atoms with van der Waals surface area (Å²) in [5, 5.41) is 0. The minimum Gasteiger partial charge on any atom is -0.493 e. The van der Waals surface area contributed by atoms with Gasteiger partial charge >= 0.3 is 0 Å². The third-order valence-electron chi connectivity index (χ3n) is 2.56. The molecule has 0 fully saturated rings. The van der Waals surface area contributed by atoms with Crippen molar-refractivity contribution in [3.8, 4) is 11.5 Å². The van der Waals surface area contributed by atoms with Crippen LogP contribution in [0, 0.1) is 0 Å². The third kappa shape index (κ3) is 4.38. The molecule has 0 saturated carbocycles. The van der Waals surface area contributed by atoms with E-state index in [1.54, 1.807) is 6.07 Å². The summed E-state index contributed by atoms with van der Waals surface area (Å²) in [5.41, 5.74) is 5.57. The normalized spacial score (nSPS) is 13.1. The summed E-state index contributed by atoms with van der Waals surface area (Å²) in [6.07, 6.45) is 0.576. The van der Waals surface area contributed by atoms with Crippen molar-refractivity contribution in [3.63, 3.8) is 0 Å². The lowest BCUT2D eigenvalue weighted by Gasteiger charge is -2.11. The van der Waals surface area contributed by atoms with Gasteiger partial charge in [0.1, 0.15) is 0 Å². The number of nitrogens with one attached hydrogen (secondary N) is 1. The first-order valence-electron chi connectivity index (χ1n) is 5.88. The highest BCUT2D eigenvalue weighted by Crippen LogP contribution is 2.29. The molecule has 1 aromatic carbocycles. The number of rotatable bonds is 7. The van der Waals surface area contributed by atoms with Crippen molar-refractivity contribution in [2.75, 3.05) is 20.8 Å². The predicted octanol–water partition coefficient (Wildman–Crippen LogP) is 0.719. The van der Waals surface area contributed by atoms with E-state index in [-0.39, 0.29) is 10.9 Å². The Kier molecular flexibility index (Phi) is 5.59. The summed E-state index contributed by atoms with van der Waals surface area (Å²) in [5.74, 6) is 0.856. The van der Waals surface area contributed by atoms with Crippen LogP contribution in [0.5, 0.6) is 11.5 Å². The highest BCUT2D eigenvalue weighted by molar-refractivity contribution is 7.89. The Bertz CT molecular complexity index is 514. The van der Waals surface area contributed by atoms with Crippen LogP contribution in [-0.2, 0) is 10.0 Å². The molecule has 7 heteroatoms. The fourth-order valence-electron chi connectivity index (χ4n) is 1.49. The monoisotopic (exact) mass is 288 g/mol. The van der Waals surface area contributed by atoms with E-state index in [1.807, 2.05) is 6.92 Å². The van der Waals surface area contributed by atoms with Crippen LogP contribution >= 0.6 is 0 Å². The van der Waals surface area contributed by atoms with Gasteiger partial charge in [-0.25, -0.2) is 13.1 Å². The fourth-order valence-corrected chi connectivity index (χ4v) is 2.55. The molecule has 3 N–H and O–H groups in total. The Morgan fingerprint density at radius 2 is 1.89 bits per heavy atom. The van der Waals surface area contributed by atoms with Gasteiger partial charge in [-0.1, -0.05) is 0 Å². The Balaban J connectivity index is 2.89. The number of hydrogen-bond donors (Lipinski definition) is 2. The molecule has 0 aliphatic heterocycles. The SMILES string of the molecule is COc1ccc(S(=O)(=O)NCCC(C)N)cc1OC. The Labute approximate surface area is 113 Å². The van der Waals surface area contributed by atoms with Crippen LogP contribution in [0.15, 0.2) is 23.1 Å². The van der Waals surface area contributed by atoms with E-state index in [0.717, 1.165) is 0 Å². The maximum atomic E-state index is 12.0. The van der Waals surface area contributed by atoms with Crippen LogP contribution in [-0.4, -0.2) is 35.2 Å². The molecule has 1 rings (SSSR count). The highest BCUT2D eigenvalue weighted by Gasteiger charge is 2.16. The molecular weight excluding hydrogens is 268 g/mol. The topological polar surface area (TPSA) is 90.7 Å². The number of sulfonamides is 1. The first-order valence-corrected chi connectivity index (χ1v) is 7.36. The summed E-state index contributed by atoms with van der Waals surface area (Å²) in [7, 11) is -0.606. The molecule has 6 nitrogen and oxygen atoms in total. The molecule has 0 aliphatic carbocycles. The van der Waals surface area contributed by atoms with E-state index in [9.17, 15) is 8.42 Å². The van der Waals surface area contributed by atoms with Gasteiger partial charge in [-0.15, -0.1) is 0 Å². The molecule has 108 valence electrons. The lowest BCUT2D eigenvalue weighted by molar-refractivity contribution is 0.354. The molecule has 0 amide bonds. The Hall–Kier alpha value is -1.31. The molecule has 0 spiro atoms. The smallest absolute Gasteiger partial charge is 0.240 e. The third-order valence-corrected chi connectivity index (χ3v) is 4.02. The molecule has 0 heterocycles. The van der Waals surface area contributed by atoms with Gasteiger partial charge in [0.15, 0.2) is 11.5 Å². The molecule has 1 unspecified atom stereocenters. The largest absolute Gasteiger partial charge is 0.493 e. The lowest BCUT2D eigenvalue weighted by atomic mass is 10.3. The number of benzene rings is 1. The first kappa shape index (κ1) is 15.7. The Morgan fingerprint density at radius 3 is 2.42 bits per heavy atom. The maximum Gasteiger partial charge on any atom is 0.240 e. The molecule has 0 saturated heterocycles. The summed E-state index contributed by atoms with van der Waals surface area (Å²) in [6.45, 7) is 2.12. The van der Waals surface area contributed by atoms with Crippen molar-refractivity contribution in [1.82, 2.24) is 4.72 Å². The highest BCUT2D eigenvalue weighted by atomic mass is 32.2. The van der Waals surface area contributed by atoms with Gasteiger partial charge in [-0.3, -0.25) is 0 Å². The molecule has 0 radical (unpaired) electrons. The van der Waals surface area contributed by atoms with Gasteiger partial charge in [0.05, 0.1) is 19.1 Å². The van der Waals surface area contributed by atoms with E-state index < -0.39 is 10.0 Å². The average molecular weight is 288 g/mol. The molecule has 0 aliphatic rings. The zero-order chi connectivity index (χ0) is 14.5. The quantitative estimate of drug-likeness (QED) is 0.771. The zero-order valence-electron chi connectivity index (χ0n) is 11.3. The molecule has 1 aromatic rings. The lowest BCUT2D eigenvalue weighted by Crippen LogP contribution is -2.29. The molecule has 0 bridgehead atoms.